The highest BCUT2D eigenvalue weighted by atomic mass is 32.2. The lowest BCUT2D eigenvalue weighted by atomic mass is 10.2. The van der Waals surface area contributed by atoms with Crippen LogP contribution in [0.4, 0.5) is 8.78 Å². The molecule has 0 amide bonds. The summed E-state index contributed by atoms with van der Waals surface area (Å²) in [5.41, 5.74) is 1.69. The fourth-order valence-corrected chi connectivity index (χ4v) is 5.39. The van der Waals surface area contributed by atoms with Gasteiger partial charge in [-0.1, -0.05) is 36.0 Å². The summed E-state index contributed by atoms with van der Waals surface area (Å²) in [6.45, 7) is 0. The van der Waals surface area contributed by atoms with Crippen LogP contribution in [-0.2, 0) is 5.75 Å². The highest BCUT2D eigenvalue weighted by Gasteiger charge is 2.18. The van der Waals surface area contributed by atoms with Gasteiger partial charge < -0.3 is 4.74 Å². The van der Waals surface area contributed by atoms with Crippen molar-refractivity contribution in [3.05, 3.63) is 99.8 Å². The van der Waals surface area contributed by atoms with E-state index >= 15 is 0 Å². The normalized spacial score (nSPS) is 11.1. The van der Waals surface area contributed by atoms with E-state index in [1.54, 1.807) is 31.4 Å². The van der Waals surface area contributed by atoms with Crippen molar-refractivity contribution in [2.24, 2.45) is 0 Å². The monoisotopic (exact) mass is 493 g/mol. The lowest BCUT2D eigenvalue weighted by Crippen LogP contribution is -2.22. The number of thioether (sulfide) groups is 1. The number of rotatable bonds is 6. The summed E-state index contributed by atoms with van der Waals surface area (Å²) in [6.07, 6.45) is 0. The maximum Gasteiger partial charge on any atom is 0.266 e. The molecule has 0 radical (unpaired) electrons. The zero-order chi connectivity index (χ0) is 23.7. The van der Waals surface area contributed by atoms with Crippen LogP contribution in [0.5, 0.6) is 5.75 Å². The Hall–Kier alpha value is -3.56. The number of para-hydroxylation sites is 2. The van der Waals surface area contributed by atoms with Crippen LogP contribution in [0.2, 0.25) is 0 Å². The van der Waals surface area contributed by atoms with Gasteiger partial charge in [-0.2, -0.15) is 0 Å². The van der Waals surface area contributed by atoms with E-state index < -0.39 is 17.2 Å². The van der Waals surface area contributed by atoms with Gasteiger partial charge in [0.15, 0.2) is 5.16 Å². The van der Waals surface area contributed by atoms with Gasteiger partial charge in [-0.3, -0.25) is 9.36 Å². The van der Waals surface area contributed by atoms with E-state index in [0.717, 1.165) is 34.1 Å². The zero-order valence-electron chi connectivity index (χ0n) is 17.9. The van der Waals surface area contributed by atoms with Crippen molar-refractivity contribution in [1.29, 1.82) is 0 Å². The van der Waals surface area contributed by atoms with Gasteiger partial charge in [-0.05, 0) is 36.4 Å². The molecule has 170 valence electrons. The first-order chi connectivity index (χ1) is 16.5. The van der Waals surface area contributed by atoms with Crippen LogP contribution in [0.3, 0.4) is 0 Å². The number of ether oxygens (including phenoxy) is 1. The summed E-state index contributed by atoms with van der Waals surface area (Å²) >= 11 is 2.74. The number of methoxy groups -OCH3 is 1. The summed E-state index contributed by atoms with van der Waals surface area (Å²) in [5.74, 6) is -0.427. The van der Waals surface area contributed by atoms with Gasteiger partial charge in [0.25, 0.3) is 5.56 Å². The topological polar surface area (TPSA) is 57.0 Å². The molecule has 0 saturated carbocycles. The van der Waals surface area contributed by atoms with Crippen molar-refractivity contribution in [3.8, 4) is 22.0 Å². The Morgan fingerprint density at radius 3 is 2.65 bits per heavy atom. The second-order valence-corrected chi connectivity index (χ2v) is 9.08. The Labute approximate surface area is 201 Å². The average molecular weight is 494 g/mol. The number of thiazole rings is 1. The van der Waals surface area contributed by atoms with Crippen LogP contribution in [-0.4, -0.2) is 21.6 Å². The Bertz CT molecular complexity index is 1570. The van der Waals surface area contributed by atoms with Crippen LogP contribution in [0.1, 0.15) is 5.69 Å². The minimum Gasteiger partial charge on any atom is -0.496 e. The molecule has 0 atom stereocenters. The van der Waals surface area contributed by atoms with Gasteiger partial charge >= 0.3 is 0 Å². The molecule has 0 bridgehead atoms. The molecule has 0 unspecified atom stereocenters. The summed E-state index contributed by atoms with van der Waals surface area (Å²) in [5, 5.41) is 3.38. The first-order valence-corrected chi connectivity index (χ1v) is 12.1. The number of aromatic nitrogens is 3. The van der Waals surface area contributed by atoms with Gasteiger partial charge in [0.2, 0.25) is 0 Å². The largest absolute Gasteiger partial charge is 0.496 e. The first kappa shape index (κ1) is 22.2. The zero-order valence-corrected chi connectivity index (χ0v) is 19.5. The maximum atomic E-state index is 14.7. The number of nitrogens with zero attached hydrogens (tertiary/aromatic N) is 3. The number of benzene rings is 3. The van der Waals surface area contributed by atoms with Crippen molar-refractivity contribution in [1.82, 2.24) is 14.5 Å². The molecule has 2 aromatic heterocycles. The highest BCUT2D eigenvalue weighted by molar-refractivity contribution is 7.98. The van der Waals surface area contributed by atoms with Gasteiger partial charge in [0.1, 0.15) is 22.4 Å². The second-order valence-electron chi connectivity index (χ2n) is 7.28. The molecular formula is C25H17F2N3O2S2. The molecular weight excluding hydrogens is 476 g/mol. The van der Waals surface area contributed by atoms with Crippen LogP contribution >= 0.6 is 23.1 Å². The first-order valence-electron chi connectivity index (χ1n) is 10.2. The lowest BCUT2D eigenvalue weighted by Gasteiger charge is -2.13. The van der Waals surface area contributed by atoms with Crippen LogP contribution in [0.25, 0.3) is 27.2 Å². The quantitative estimate of drug-likeness (QED) is 0.212. The van der Waals surface area contributed by atoms with E-state index in [9.17, 15) is 13.6 Å². The summed E-state index contributed by atoms with van der Waals surface area (Å²) in [6, 6.07) is 17.6. The fourth-order valence-electron chi connectivity index (χ4n) is 3.54. The lowest BCUT2D eigenvalue weighted by molar-refractivity contribution is 0.416. The van der Waals surface area contributed by atoms with Crippen molar-refractivity contribution in [3.63, 3.8) is 0 Å². The molecule has 0 aliphatic carbocycles. The fraction of sp³-hybridized carbons (Fsp3) is 0.0800. The van der Waals surface area contributed by atoms with Crippen molar-refractivity contribution in [2.75, 3.05) is 7.11 Å². The third-order valence-electron chi connectivity index (χ3n) is 5.13. The van der Waals surface area contributed by atoms with Gasteiger partial charge in [0.05, 0.1) is 35.0 Å². The second kappa shape index (κ2) is 9.36. The Balaban J connectivity index is 1.53. The van der Waals surface area contributed by atoms with Crippen molar-refractivity contribution >= 4 is 34.0 Å². The van der Waals surface area contributed by atoms with Crippen molar-refractivity contribution in [2.45, 2.75) is 10.9 Å². The molecule has 0 N–H and O–H groups in total. The van der Waals surface area contributed by atoms with Crippen LogP contribution in [0, 0.1) is 11.6 Å². The summed E-state index contributed by atoms with van der Waals surface area (Å²) in [7, 11) is 1.61. The number of hydrogen-bond donors (Lipinski definition) is 0. The maximum absolute atomic E-state index is 14.7. The van der Waals surface area contributed by atoms with E-state index in [1.165, 1.54) is 33.7 Å². The molecule has 9 heteroatoms. The van der Waals surface area contributed by atoms with Gasteiger partial charge in [-0.15, -0.1) is 11.3 Å². The molecule has 0 fully saturated rings. The molecule has 34 heavy (non-hydrogen) atoms. The number of hydrogen-bond acceptors (Lipinski definition) is 6. The standard InChI is InChI=1S/C25H17F2N3O2S2/c1-32-22-9-5-3-7-18(22)23-28-16(13-33-23)14-34-25-29-20-8-4-2-6-17(20)24(31)30(25)21-11-10-15(26)12-19(21)27/h2-13H,14H2,1H3. The Kier molecular flexibility index (Phi) is 6.12. The number of halogens is 2. The molecule has 0 aliphatic rings. The van der Waals surface area contributed by atoms with E-state index in [1.807, 2.05) is 29.6 Å². The molecule has 2 heterocycles. The van der Waals surface area contributed by atoms with Gasteiger partial charge in [0, 0.05) is 17.2 Å². The Morgan fingerprint density at radius 1 is 1.03 bits per heavy atom. The van der Waals surface area contributed by atoms with E-state index in [0.29, 0.717) is 21.8 Å². The predicted octanol–water partition coefficient (Wildman–Crippen LogP) is 6.09. The summed E-state index contributed by atoms with van der Waals surface area (Å²) in [4.78, 5) is 22.6. The minimum atomic E-state index is -0.840. The molecule has 5 rings (SSSR count). The average Bonchev–Trinajstić information content (AvgIpc) is 3.32. The van der Waals surface area contributed by atoms with E-state index in [2.05, 4.69) is 4.98 Å². The van der Waals surface area contributed by atoms with Crippen LogP contribution < -0.4 is 10.3 Å². The molecule has 0 spiro atoms. The van der Waals surface area contributed by atoms with Crippen LogP contribution in [0.15, 0.2) is 82.1 Å². The molecule has 3 aromatic carbocycles. The van der Waals surface area contributed by atoms with E-state index in [-0.39, 0.29) is 5.69 Å². The molecule has 0 aliphatic heterocycles. The molecule has 5 aromatic rings. The van der Waals surface area contributed by atoms with Crippen molar-refractivity contribution < 1.29 is 13.5 Å². The third kappa shape index (κ3) is 4.20. The summed E-state index contributed by atoms with van der Waals surface area (Å²) < 4.78 is 34.8. The molecule has 5 nitrogen and oxygen atoms in total. The molecule has 0 saturated heterocycles. The smallest absolute Gasteiger partial charge is 0.266 e. The highest BCUT2D eigenvalue weighted by Crippen LogP contribution is 2.33. The predicted molar refractivity (Wildman–Crippen MR) is 131 cm³/mol. The Morgan fingerprint density at radius 2 is 1.82 bits per heavy atom. The minimum absolute atomic E-state index is 0.0554. The third-order valence-corrected chi connectivity index (χ3v) is 7.03. The van der Waals surface area contributed by atoms with Gasteiger partial charge in [-0.25, -0.2) is 18.7 Å². The SMILES string of the molecule is COc1ccccc1-c1nc(CSc2nc3ccccc3c(=O)n2-c2ccc(F)cc2F)cs1. The van der Waals surface area contributed by atoms with E-state index in [4.69, 9.17) is 9.72 Å². The number of fused-ring (bicyclic) bond motifs is 1.